The zero-order valence-electron chi connectivity index (χ0n) is 17.3. The first-order valence-corrected chi connectivity index (χ1v) is 8.33. The predicted molar refractivity (Wildman–Crippen MR) is 86.2 cm³/mol. The molecule has 24 heavy (non-hydrogen) atoms. The molecule has 0 N–H and O–H groups in total. The second-order valence-corrected chi connectivity index (χ2v) is 7.57. The summed E-state index contributed by atoms with van der Waals surface area (Å²) in [5, 5.41) is 18.6. The molecular formula is C17H31K2LiO4. The van der Waals surface area contributed by atoms with Crippen molar-refractivity contribution in [2.45, 2.75) is 90.1 Å². The third-order valence-electron chi connectivity index (χ3n) is 4.47. The third kappa shape index (κ3) is 22.9. The molecule has 0 heterocycles. The van der Waals surface area contributed by atoms with Gasteiger partial charge in [-0.3, -0.25) is 0 Å². The van der Waals surface area contributed by atoms with Crippen LogP contribution < -0.4 is 113 Å². The van der Waals surface area contributed by atoms with E-state index in [2.05, 4.69) is 52.3 Å². The summed E-state index contributed by atoms with van der Waals surface area (Å²) in [4.78, 5) is 18.6. The van der Waals surface area contributed by atoms with E-state index >= 15 is 0 Å². The van der Waals surface area contributed by atoms with E-state index in [4.69, 9.17) is 0 Å². The van der Waals surface area contributed by atoms with E-state index in [1.165, 1.54) is 44.9 Å². The molecule has 1 atom stereocenters. The molecule has 0 radical (unpaired) electrons. The van der Waals surface area contributed by atoms with E-state index < -0.39 is 18.4 Å². The Morgan fingerprint density at radius 3 is 1.50 bits per heavy atom. The minimum absolute atomic E-state index is 0. The fourth-order valence-corrected chi connectivity index (χ4v) is 1.84. The van der Waals surface area contributed by atoms with Gasteiger partial charge in [0.15, 0.2) is 0 Å². The zero-order chi connectivity index (χ0) is 17.8. The van der Waals surface area contributed by atoms with Gasteiger partial charge in [-0.2, -0.15) is 0 Å². The van der Waals surface area contributed by atoms with Gasteiger partial charge in [0.05, 0.1) is 0 Å². The van der Waals surface area contributed by atoms with Crippen molar-refractivity contribution in [1.82, 2.24) is 0 Å². The van der Waals surface area contributed by atoms with Gasteiger partial charge < -0.3 is 19.8 Å². The molecule has 0 rings (SSSR count). The van der Waals surface area contributed by atoms with Crippen LogP contribution in [0.15, 0.2) is 0 Å². The van der Waals surface area contributed by atoms with Crippen LogP contribution in [0.3, 0.4) is 0 Å². The third-order valence-corrected chi connectivity index (χ3v) is 4.47. The van der Waals surface area contributed by atoms with Gasteiger partial charge >= 0.3 is 210 Å². The Bertz CT molecular complexity index is 317. The van der Waals surface area contributed by atoms with Crippen LogP contribution in [0.5, 0.6) is 0 Å². The second-order valence-electron chi connectivity index (χ2n) is 7.57. The van der Waals surface area contributed by atoms with E-state index in [1.54, 1.807) is 0 Å². The van der Waals surface area contributed by atoms with E-state index in [0.29, 0.717) is 9.50 Å². The molecule has 0 aromatic carbocycles. The first-order valence-electron chi connectivity index (χ1n) is 8.33. The number of hydrogen-bond donors (Lipinski definition) is 0. The summed E-state index contributed by atoms with van der Waals surface area (Å²) >= 11 is 2.42. The summed E-state index contributed by atoms with van der Waals surface area (Å²) in [7, 11) is 0. The number of carbonyl (C=O) groups is 2. The SMILES string of the molecule is O=C([O-])CC(=O)[O-].[K+].[K+].[Li][C](C)(CCCCCCCC)C(C)(C)C. The van der Waals surface area contributed by atoms with Crippen LogP contribution in [0.4, 0.5) is 0 Å². The molecule has 0 saturated heterocycles. The number of aliphatic carboxylic acids is 2. The van der Waals surface area contributed by atoms with Crippen molar-refractivity contribution < 1.29 is 123 Å². The van der Waals surface area contributed by atoms with Crippen molar-refractivity contribution in [2.24, 2.45) is 5.41 Å². The topological polar surface area (TPSA) is 80.3 Å². The normalized spacial score (nSPS) is 12.6. The first-order chi connectivity index (χ1) is 9.94. The average molecular weight is 385 g/mol. The number of hydrogen-bond acceptors (Lipinski definition) is 4. The Kier molecular flexibility index (Phi) is 27.4. The molecule has 0 aliphatic rings. The predicted octanol–water partition coefficient (Wildman–Crippen LogP) is -3.99. The summed E-state index contributed by atoms with van der Waals surface area (Å²) in [6, 6.07) is 0. The Morgan fingerprint density at radius 2 is 1.21 bits per heavy atom. The maximum absolute atomic E-state index is 9.28. The fraction of sp³-hybridized carbons (Fsp3) is 0.882. The van der Waals surface area contributed by atoms with Crippen molar-refractivity contribution in [3.63, 3.8) is 0 Å². The van der Waals surface area contributed by atoms with Crippen LogP contribution >= 0.6 is 0 Å². The number of rotatable bonds is 9. The molecule has 1 unspecified atom stereocenters. The van der Waals surface area contributed by atoms with Crippen molar-refractivity contribution in [1.29, 1.82) is 0 Å². The second kappa shape index (κ2) is 19.1. The fourth-order valence-electron chi connectivity index (χ4n) is 1.84. The van der Waals surface area contributed by atoms with Crippen molar-refractivity contribution in [2.75, 3.05) is 0 Å². The molecule has 0 aromatic rings. The van der Waals surface area contributed by atoms with Gasteiger partial charge in [0.1, 0.15) is 0 Å². The summed E-state index contributed by atoms with van der Waals surface area (Å²) in [6.07, 6.45) is 8.84. The Labute approximate surface area is 243 Å². The number of carboxylic acid groups (broad SMARTS) is 2. The van der Waals surface area contributed by atoms with Crippen LogP contribution in [0.2, 0.25) is 4.09 Å². The van der Waals surface area contributed by atoms with E-state index in [0.717, 1.165) is 0 Å². The van der Waals surface area contributed by atoms with Crippen LogP contribution in [-0.2, 0) is 9.59 Å². The van der Waals surface area contributed by atoms with Crippen molar-refractivity contribution in [3.8, 4) is 0 Å². The molecule has 0 aliphatic carbocycles. The van der Waals surface area contributed by atoms with Gasteiger partial charge in [0.25, 0.3) is 0 Å². The van der Waals surface area contributed by atoms with Crippen LogP contribution in [-0.4, -0.2) is 29.7 Å². The van der Waals surface area contributed by atoms with E-state index in [-0.39, 0.29) is 103 Å². The quantitative estimate of drug-likeness (QED) is 0.231. The van der Waals surface area contributed by atoms with Crippen LogP contribution in [0.1, 0.15) is 86.0 Å². The maximum atomic E-state index is 9.28. The van der Waals surface area contributed by atoms with E-state index in [1.807, 2.05) is 0 Å². The molecule has 4 nitrogen and oxygen atoms in total. The molecule has 0 amide bonds. The van der Waals surface area contributed by atoms with Crippen LogP contribution in [0, 0.1) is 5.41 Å². The van der Waals surface area contributed by atoms with Gasteiger partial charge in [-0.05, 0) is 0 Å². The summed E-state index contributed by atoms with van der Waals surface area (Å²) in [6.45, 7) is 11.8. The Morgan fingerprint density at radius 1 is 0.833 bits per heavy atom. The summed E-state index contributed by atoms with van der Waals surface area (Å²) in [5.41, 5.74) is 0.441. The van der Waals surface area contributed by atoms with Gasteiger partial charge in [-0.25, -0.2) is 0 Å². The molecule has 0 bridgehead atoms. The first kappa shape index (κ1) is 34.3. The Balaban J connectivity index is -0.000000191. The molecule has 0 aliphatic heterocycles. The standard InChI is InChI=1S/C14H29.C3H4O4.2K.Li/c1-6-7-8-9-10-11-12-13(2)14(3,4)5;4-2(5)1-3(6)7;;;/h6-12H2,1-5H3;1H2,(H,4,5)(H,6,7);;;/q;;2*+1;/p-2. The van der Waals surface area contributed by atoms with Gasteiger partial charge in [-0.15, -0.1) is 0 Å². The molecule has 0 spiro atoms. The number of carbonyl (C=O) groups excluding carboxylic acids is 2. The average Bonchev–Trinajstić information content (AvgIpc) is 2.31. The minimum atomic E-state index is -1.63. The van der Waals surface area contributed by atoms with Gasteiger partial charge in [0.2, 0.25) is 0 Å². The Hall–Kier alpha value is 2.81. The number of unbranched alkanes of at least 4 members (excludes halogenated alkanes) is 5. The van der Waals surface area contributed by atoms with Crippen LogP contribution in [0.25, 0.3) is 0 Å². The molecule has 7 heteroatoms. The molecule has 0 saturated carbocycles. The monoisotopic (exact) mass is 384 g/mol. The molecule has 0 aromatic heterocycles. The number of carboxylic acids is 2. The van der Waals surface area contributed by atoms with E-state index in [9.17, 15) is 19.8 Å². The van der Waals surface area contributed by atoms with Gasteiger partial charge in [0, 0.05) is 18.4 Å². The zero-order valence-corrected chi connectivity index (χ0v) is 23.5. The van der Waals surface area contributed by atoms with Crippen molar-refractivity contribution in [3.05, 3.63) is 0 Å². The van der Waals surface area contributed by atoms with Gasteiger partial charge in [-0.1, -0.05) is 0 Å². The molecular weight excluding hydrogens is 353 g/mol. The summed E-state index contributed by atoms with van der Waals surface area (Å²) < 4.78 is 0.484. The molecule has 0 fully saturated rings. The van der Waals surface area contributed by atoms with Crippen molar-refractivity contribution >= 4 is 29.7 Å². The summed E-state index contributed by atoms with van der Waals surface area (Å²) in [5.74, 6) is -3.25. The molecule has 126 valence electrons.